The van der Waals surface area contributed by atoms with E-state index in [1.54, 1.807) is 0 Å². The standard InChI is InChI=1S/C13H24N4O2S/c1-5-6-14-13-15-8-12(9-16-13)20(18,19)17-11(4)7-10(2)3/h8-11,17H,5-7H2,1-4H3,(H,14,15,16). The van der Waals surface area contributed by atoms with Gasteiger partial charge in [0.25, 0.3) is 0 Å². The number of anilines is 1. The number of hydrogen-bond donors (Lipinski definition) is 2. The summed E-state index contributed by atoms with van der Waals surface area (Å²) in [6, 6.07) is -0.113. The van der Waals surface area contributed by atoms with Crippen molar-refractivity contribution in [3.05, 3.63) is 12.4 Å². The first-order valence-electron chi connectivity index (χ1n) is 6.93. The predicted octanol–water partition coefficient (Wildman–Crippen LogP) is 2.01. The molecule has 1 heterocycles. The number of aromatic nitrogens is 2. The fourth-order valence-corrected chi connectivity index (χ4v) is 3.02. The third-order valence-corrected chi connectivity index (χ3v) is 4.20. The quantitative estimate of drug-likeness (QED) is 0.767. The van der Waals surface area contributed by atoms with Crippen LogP contribution in [0, 0.1) is 5.92 Å². The molecular weight excluding hydrogens is 276 g/mol. The Labute approximate surface area is 121 Å². The largest absolute Gasteiger partial charge is 0.354 e. The van der Waals surface area contributed by atoms with Crippen molar-refractivity contribution in [2.75, 3.05) is 11.9 Å². The van der Waals surface area contributed by atoms with E-state index in [9.17, 15) is 8.42 Å². The van der Waals surface area contributed by atoms with Gasteiger partial charge in [0.1, 0.15) is 4.90 Å². The highest BCUT2D eigenvalue weighted by Gasteiger charge is 2.18. The van der Waals surface area contributed by atoms with Crippen LogP contribution in [-0.4, -0.2) is 31.0 Å². The average molecular weight is 300 g/mol. The molecule has 2 N–H and O–H groups in total. The molecule has 0 aromatic carbocycles. The van der Waals surface area contributed by atoms with Crippen LogP contribution in [0.25, 0.3) is 0 Å². The van der Waals surface area contributed by atoms with Gasteiger partial charge in [0.05, 0.1) is 12.4 Å². The summed E-state index contributed by atoms with van der Waals surface area (Å²) in [4.78, 5) is 8.11. The molecule has 1 rings (SSSR count). The molecule has 114 valence electrons. The van der Waals surface area contributed by atoms with Crippen molar-refractivity contribution in [3.8, 4) is 0 Å². The number of nitrogens with one attached hydrogen (secondary N) is 2. The van der Waals surface area contributed by atoms with Gasteiger partial charge in [-0.05, 0) is 25.7 Å². The van der Waals surface area contributed by atoms with Crippen LogP contribution in [0.4, 0.5) is 5.95 Å². The minimum Gasteiger partial charge on any atom is -0.354 e. The Morgan fingerprint density at radius 1 is 1.20 bits per heavy atom. The fraction of sp³-hybridized carbons (Fsp3) is 0.692. The van der Waals surface area contributed by atoms with Gasteiger partial charge < -0.3 is 5.32 Å². The van der Waals surface area contributed by atoms with Crippen molar-refractivity contribution in [2.45, 2.75) is 51.5 Å². The van der Waals surface area contributed by atoms with E-state index in [1.807, 2.05) is 13.8 Å². The Kier molecular flexibility index (Phi) is 6.35. The second kappa shape index (κ2) is 7.54. The zero-order valence-corrected chi connectivity index (χ0v) is 13.4. The van der Waals surface area contributed by atoms with Gasteiger partial charge in [0.15, 0.2) is 0 Å². The fourth-order valence-electron chi connectivity index (χ4n) is 1.87. The second-order valence-electron chi connectivity index (χ2n) is 5.32. The Morgan fingerprint density at radius 2 is 1.80 bits per heavy atom. The molecule has 0 aliphatic rings. The van der Waals surface area contributed by atoms with Crippen LogP contribution >= 0.6 is 0 Å². The van der Waals surface area contributed by atoms with Gasteiger partial charge in [0.2, 0.25) is 16.0 Å². The molecule has 0 radical (unpaired) electrons. The lowest BCUT2D eigenvalue weighted by atomic mass is 10.1. The molecule has 6 nitrogen and oxygen atoms in total. The van der Waals surface area contributed by atoms with Crippen molar-refractivity contribution >= 4 is 16.0 Å². The van der Waals surface area contributed by atoms with Crippen molar-refractivity contribution in [3.63, 3.8) is 0 Å². The maximum Gasteiger partial charge on any atom is 0.243 e. The third-order valence-electron chi connectivity index (χ3n) is 2.65. The molecule has 0 saturated carbocycles. The van der Waals surface area contributed by atoms with Crippen LogP contribution in [0.15, 0.2) is 17.3 Å². The van der Waals surface area contributed by atoms with Gasteiger partial charge in [-0.15, -0.1) is 0 Å². The van der Waals surface area contributed by atoms with Gasteiger partial charge in [-0.25, -0.2) is 23.1 Å². The van der Waals surface area contributed by atoms with E-state index in [-0.39, 0.29) is 10.9 Å². The summed E-state index contributed by atoms with van der Waals surface area (Å²) in [6.45, 7) is 8.77. The normalized spacial score (nSPS) is 13.4. The Hall–Kier alpha value is -1.21. The zero-order chi connectivity index (χ0) is 15.2. The van der Waals surface area contributed by atoms with Crippen molar-refractivity contribution < 1.29 is 8.42 Å². The Balaban J connectivity index is 2.72. The molecular formula is C13H24N4O2S. The van der Waals surface area contributed by atoms with E-state index < -0.39 is 10.0 Å². The van der Waals surface area contributed by atoms with Gasteiger partial charge >= 0.3 is 0 Å². The summed E-state index contributed by atoms with van der Waals surface area (Å²) >= 11 is 0. The highest BCUT2D eigenvalue weighted by molar-refractivity contribution is 7.89. The SMILES string of the molecule is CCCNc1ncc(S(=O)(=O)NC(C)CC(C)C)cn1. The van der Waals surface area contributed by atoms with E-state index in [2.05, 4.69) is 33.9 Å². The maximum absolute atomic E-state index is 12.1. The van der Waals surface area contributed by atoms with E-state index in [0.717, 1.165) is 19.4 Å². The average Bonchev–Trinajstić information content (AvgIpc) is 2.35. The van der Waals surface area contributed by atoms with E-state index in [4.69, 9.17) is 0 Å². The van der Waals surface area contributed by atoms with Gasteiger partial charge in [-0.1, -0.05) is 20.8 Å². The summed E-state index contributed by atoms with van der Waals surface area (Å²) in [6.07, 6.45) is 4.40. The van der Waals surface area contributed by atoms with Crippen LogP contribution in [-0.2, 0) is 10.0 Å². The van der Waals surface area contributed by atoms with Crippen LogP contribution in [0.5, 0.6) is 0 Å². The Bertz CT molecular complexity index is 500. The summed E-state index contributed by atoms with van der Waals surface area (Å²) in [5, 5.41) is 3.00. The number of rotatable bonds is 8. The third kappa shape index (κ3) is 5.42. The molecule has 0 aliphatic heterocycles. The molecule has 0 fully saturated rings. The molecule has 0 saturated heterocycles. The van der Waals surface area contributed by atoms with Crippen LogP contribution in [0.3, 0.4) is 0 Å². The maximum atomic E-state index is 12.1. The number of hydrogen-bond acceptors (Lipinski definition) is 5. The van der Waals surface area contributed by atoms with Crippen molar-refractivity contribution in [1.29, 1.82) is 0 Å². The minimum atomic E-state index is -3.55. The van der Waals surface area contributed by atoms with Gasteiger partial charge in [-0.3, -0.25) is 0 Å². The molecule has 1 aromatic rings. The monoisotopic (exact) mass is 300 g/mol. The number of nitrogens with zero attached hydrogens (tertiary/aromatic N) is 2. The Morgan fingerprint density at radius 3 is 2.30 bits per heavy atom. The van der Waals surface area contributed by atoms with Gasteiger partial charge in [0, 0.05) is 12.6 Å². The highest BCUT2D eigenvalue weighted by atomic mass is 32.2. The summed E-state index contributed by atoms with van der Waals surface area (Å²) in [5.74, 6) is 0.880. The molecule has 1 aromatic heterocycles. The van der Waals surface area contributed by atoms with Gasteiger partial charge in [-0.2, -0.15) is 0 Å². The number of sulfonamides is 1. The van der Waals surface area contributed by atoms with E-state index >= 15 is 0 Å². The molecule has 7 heteroatoms. The smallest absolute Gasteiger partial charge is 0.243 e. The van der Waals surface area contributed by atoms with E-state index in [0.29, 0.717) is 11.9 Å². The predicted molar refractivity (Wildman–Crippen MR) is 80.1 cm³/mol. The summed E-state index contributed by atoms with van der Waals surface area (Å²) in [5.41, 5.74) is 0. The van der Waals surface area contributed by atoms with Crippen LogP contribution in [0.2, 0.25) is 0 Å². The minimum absolute atomic E-state index is 0.0927. The molecule has 1 unspecified atom stereocenters. The first-order chi connectivity index (χ1) is 9.35. The summed E-state index contributed by atoms with van der Waals surface area (Å²) < 4.78 is 26.9. The summed E-state index contributed by atoms with van der Waals surface area (Å²) in [7, 11) is -3.55. The molecule has 0 bridgehead atoms. The lowest BCUT2D eigenvalue weighted by molar-refractivity contribution is 0.482. The zero-order valence-electron chi connectivity index (χ0n) is 12.5. The lowest BCUT2D eigenvalue weighted by Crippen LogP contribution is -2.33. The topological polar surface area (TPSA) is 84.0 Å². The second-order valence-corrected chi connectivity index (χ2v) is 7.04. The molecule has 1 atom stereocenters. The van der Waals surface area contributed by atoms with E-state index in [1.165, 1.54) is 12.4 Å². The molecule has 20 heavy (non-hydrogen) atoms. The van der Waals surface area contributed by atoms with Crippen LogP contribution in [0.1, 0.15) is 40.5 Å². The first-order valence-corrected chi connectivity index (χ1v) is 8.41. The first kappa shape index (κ1) is 16.8. The molecule has 0 aliphatic carbocycles. The highest BCUT2D eigenvalue weighted by Crippen LogP contribution is 2.11. The molecule has 0 spiro atoms. The van der Waals surface area contributed by atoms with Crippen molar-refractivity contribution in [1.82, 2.24) is 14.7 Å². The van der Waals surface area contributed by atoms with Crippen LogP contribution < -0.4 is 10.0 Å². The lowest BCUT2D eigenvalue weighted by Gasteiger charge is -2.15. The van der Waals surface area contributed by atoms with Crippen molar-refractivity contribution in [2.24, 2.45) is 5.92 Å². The molecule has 0 amide bonds.